The number of furan rings is 1. The molecule has 24 heavy (non-hydrogen) atoms. The average molecular weight is 340 g/mol. The molecule has 0 unspecified atom stereocenters. The van der Waals surface area contributed by atoms with Gasteiger partial charge in [0.2, 0.25) is 0 Å². The third-order valence-electron chi connectivity index (χ3n) is 4.17. The van der Waals surface area contributed by atoms with Crippen LogP contribution in [0.5, 0.6) is 0 Å². The molecule has 0 spiro atoms. The number of hydrogen-bond donors (Lipinski definition) is 0. The van der Waals surface area contributed by atoms with Crippen LogP contribution in [0.1, 0.15) is 38.9 Å². The third-order valence-corrected chi connectivity index (χ3v) is 5.08. The second-order valence-electron chi connectivity index (χ2n) is 5.82. The van der Waals surface area contributed by atoms with Crippen LogP contribution < -0.4 is 0 Å². The summed E-state index contributed by atoms with van der Waals surface area (Å²) in [6, 6.07) is 11.2. The highest BCUT2D eigenvalue weighted by Gasteiger charge is 2.22. The fourth-order valence-electron chi connectivity index (χ4n) is 2.72. The summed E-state index contributed by atoms with van der Waals surface area (Å²) in [7, 11) is 1.82. The van der Waals surface area contributed by atoms with Crippen molar-refractivity contribution >= 4 is 17.2 Å². The van der Waals surface area contributed by atoms with Crippen LogP contribution in [0, 0.1) is 13.8 Å². The van der Waals surface area contributed by atoms with E-state index in [4.69, 9.17) is 4.42 Å². The number of aromatic nitrogens is 1. The van der Waals surface area contributed by atoms with Crippen molar-refractivity contribution in [3.63, 3.8) is 0 Å². The molecule has 3 aromatic rings. The average Bonchev–Trinajstić information content (AvgIpc) is 3.22. The summed E-state index contributed by atoms with van der Waals surface area (Å²) in [5.41, 5.74) is 2.59. The van der Waals surface area contributed by atoms with Gasteiger partial charge < -0.3 is 9.32 Å². The summed E-state index contributed by atoms with van der Waals surface area (Å²) in [6.45, 7) is 6.05. The van der Waals surface area contributed by atoms with Gasteiger partial charge in [-0.25, -0.2) is 4.98 Å². The molecule has 3 rings (SSSR count). The molecule has 0 N–H and O–H groups in total. The summed E-state index contributed by atoms with van der Waals surface area (Å²) in [5, 5.41) is 1.03. The van der Waals surface area contributed by atoms with Gasteiger partial charge in [-0.15, -0.1) is 11.3 Å². The molecule has 1 amide bonds. The van der Waals surface area contributed by atoms with Crippen LogP contribution in [0.25, 0.3) is 11.3 Å². The number of amides is 1. The quantitative estimate of drug-likeness (QED) is 0.682. The van der Waals surface area contributed by atoms with Crippen LogP contribution >= 0.6 is 11.3 Å². The standard InChI is InChI=1S/C19H20N2O2S/c1-12(18-13(2)24-14(3)20-18)21(4)19(22)16-9-7-15(8-10-16)17-6-5-11-23-17/h5-12H,1-4H3/t12-/m1/s1. The Morgan fingerprint density at radius 3 is 2.46 bits per heavy atom. The molecule has 4 nitrogen and oxygen atoms in total. The van der Waals surface area contributed by atoms with Crippen LogP contribution in [0.4, 0.5) is 0 Å². The zero-order valence-electron chi connectivity index (χ0n) is 14.2. The Kier molecular flexibility index (Phi) is 4.53. The normalized spacial score (nSPS) is 12.2. The second-order valence-corrected chi connectivity index (χ2v) is 7.23. The van der Waals surface area contributed by atoms with Crippen molar-refractivity contribution in [3.05, 3.63) is 63.8 Å². The Hall–Kier alpha value is -2.40. The van der Waals surface area contributed by atoms with Gasteiger partial charge >= 0.3 is 0 Å². The fraction of sp³-hybridized carbons (Fsp3) is 0.263. The topological polar surface area (TPSA) is 46.3 Å². The Bertz CT molecular complexity index is 835. The van der Waals surface area contributed by atoms with Gasteiger partial charge in [0, 0.05) is 23.1 Å². The minimum atomic E-state index is -0.0628. The minimum Gasteiger partial charge on any atom is -0.464 e. The zero-order valence-corrected chi connectivity index (χ0v) is 15.1. The number of thiazole rings is 1. The molecule has 0 radical (unpaired) electrons. The van der Waals surface area contributed by atoms with E-state index in [1.54, 1.807) is 22.5 Å². The van der Waals surface area contributed by atoms with E-state index in [2.05, 4.69) is 4.98 Å². The first-order valence-corrected chi connectivity index (χ1v) is 8.64. The number of rotatable bonds is 4. The highest BCUT2D eigenvalue weighted by molar-refractivity contribution is 7.11. The second kappa shape index (κ2) is 6.61. The highest BCUT2D eigenvalue weighted by atomic mass is 32.1. The van der Waals surface area contributed by atoms with Crippen molar-refractivity contribution in [2.75, 3.05) is 7.05 Å². The van der Waals surface area contributed by atoms with Crippen molar-refractivity contribution in [2.24, 2.45) is 0 Å². The number of benzene rings is 1. The first kappa shape index (κ1) is 16.5. The largest absolute Gasteiger partial charge is 0.464 e. The van der Waals surface area contributed by atoms with E-state index in [9.17, 15) is 4.79 Å². The van der Waals surface area contributed by atoms with E-state index in [-0.39, 0.29) is 11.9 Å². The summed E-state index contributed by atoms with van der Waals surface area (Å²) in [6.07, 6.45) is 1.64. The van der Waals surface area contributed by atoms with Gasteiger partial charge in [0.15, 0.2) is 0 Å². The van der Waals surface area contributed by atoms with E-state index in [0.717, 1.165) is 26.9 Å². The maximum absolute atomic E-state index is 12.8. The molecule has 124 valence electrons. The zero-order chi connectivity index (χ0) is 17.3. The van der Waals surface area contributed by atoms with Crippen LogP contribution in [0.2, 0.25) is 0 Å². The van der Waals surface area contributed by atoms with Gasteiger partial charge in [-0.2, -0.15) is 0 Å². The van der Waals surface area contributed by atoms with E-state index in [1.165, 1.54) is 0 Å². The van der Waals surface area contributed by atoms with Gasteiger partial charge in [-0.05, 0) is 45.0 Å². The lowest BCUT2D eigenvalue weighted by atomic mass is 10.1. The fourth-order valence-corrected chi connectivity index (χ4v) is 3.62. The van der Waals surface area contributed by atoms with E-state index in [1.807, 2.05) is 64.2 Å². The van der Waals surface area contributed by atoms with Gasteiger partial charge in [-0.3, -0.25) is 4.79 Å². The monoisotopic (exact) mass is 340 g/mol. The molecule has 1 atom stereocenters. The smallest absolute Gasteiger partial charge is 0.254 e. The Morgan fingerprint density at radius 2 is 1.92 bits per heavy atom. The lowest BCUT2D eigenvalue weighted by Crippen LogP contribution is -2.30. The van der Waals surface area contributed by atoms with Crippen LogP contribution in [-0.2, 0) is 0 Å². The summed E-state index contributed by atoms with van der Waals surface area (Å²) < 4.78 is 5.38. The van der Waals surface area contributed by atoms with E-state index in [0.29, 0.717) is 5.56 Å². The maximum atomic E-state index is 12.8. The van der Waals surface area contributed by atoms with Crippen molar-refractivity contribution in [1.29, 1.82) is 0 Å². The molecule has 5 heteroatoms. The van der Waals surface area contributed by atoms with Crippen LogP contribution in [0.3, 0.4) is 0 Å². The molecule has 0 aliphatic rings. The molecule has 0 fully saturated rings. The lowest BCUT2D eigenvalue weighted by Gasteiger charge is -2.24. The Morgan fingerprint density at radius 1 is 1.21 bits per heavy atom. The number of hydrogen-bond acceptors (Lipinski definition) is 4. The molecular weight excluding hydrogens is 320 g/mol. The third kappa shape index (κ3) is 3.12. The van der Waals surface area contributed by atoms with Crippen LogP contribution in [0.15, 0.2) is 47.1 Å². The van der Waals surface area contributed by atoms with Crippen molar-refractivity contribution in [1.82, 2.24) is 9.88 Å². The van der Waals surface area contributed by atoms with Crippen molar-refractivity contribution in [2.45, 2.75) is 26.8 Å². The first-order valence-electron chi connectivity index (χ1n) is 7.82. The van der Waals surface area contributed by atoms with E-state index < -0.39 is 0 Å². The highest BCUT2D eigenvalue weighted by Crippen LogP contribution is 2.27. The predicted molar refractivity (Wildman–Crippen MR) is 96.2 cm³/mol. The number of nitrogens with zero attached hydrogens (tertiary/aromatic N) is 2. The van der Waals surface area contributed by atoms with Gasteiger partial charge in [-0.1, -0.05) is 12.1 Å². The van der Waals surface area contributed by atoms with E-state index >= 15 is 0 Å². The number of carbonyl (C=O) groups excluding carboxylic acids is 1. The molecule has 0 saturated carbocycles. The van der Waals surface area contributed by atoms with Gasteiger partial charge in [0.05, 0.1) is 23.0 Å². The molecule has 0 aliphatic heterocycles. The molecule has 0 saturated heterocycles. The summed E-state index contributed by atoms with van der Waals surface area (Å²) in [5.74, 6) is 0.780. The molecule has 1 aromatic carbocycles. The molecular formula is C19H20N2O2S. The first-order chi connectivity index (χ1) is 11.5. The molecule has 2 heterocycles. The van der Waals surface area contributed by atoms with Crippen molar-refractivity contribution in [3.8, 4) is 11.3 Å². The van der Waals surface area contributed by atoms with Crippen LogP contribution in [-0.4, -0.2) is 22.8 Å². The Labute approximate surface area is 145 Å². The summed E-state index contributed by atoms with van der Waals surface area (Å²) >= 11 is 1.66. The molecule has 0 bridgehead atoms. The SMILES string of the molecule is Cc1nc([C@@H](C)N(C)C(=O)c2ccc(-c3ccco3)cc2)c(C)s1. The predicted octanol–water partition coefficient (Wildman–Crippen LogP) is 4.85. The maximum Gasteiger partial charge on any atom is 0.254 e. The number of aryl methyl sites for hydroxylation is 2. The minimum absolute atomic E-state index is 0.0152. The molecule has 0 aliphatic carbocycles. The lowest BCUT2D eigenvalue weighted by molar-refractivity contribution is 0.0740. The summed E-state index contributed by atoms with van der Waals surface area (Å²) in [4.78, 5) is 20.2. The van der Waals surface area contributed by atoms with Crippen molar-refractivity contribution < 1.29 is 9.21 Å². The van der Waals surface area contributed by atoms with Gasteiger partial charge in [0.1, 0.15) is 5.76 Å². The molecule has 2 aromatic heterocycles. The number of carbonyl (C=O) groups is 1. The Balaban J connectivity index is 1.79. The van der Waals surface area contributed by atoms with Gasteiger partial charge in [0.25, 0.3) is 5.91 Å².